The molecule has 0 aromatic rings. The molecular formula is C8H16N2OS. The number of carbonyl (C=O) groups excluding carboxylic acids is 1. The van der Waals surface area contributed by atoms with Gasteiger partial charge in [0.15, 0.2) is 0 Å². The van der Waals surface area contributed by atoms with Crippen molar-refractivity contribution in [1.29, 1.82) is 0 Å². The van der Waals surface area contributed by atoms with E-state index in [-0.39, 0.29) is 11.8 Å². The summed E-state index contributed by atoms with van der Waals surface area (Å²) < 4.78 is 0. The van der Waals surface area contributed by atoms with Gasteiger partial charge in [0.2, 0.25) is 5.91 Å². The van der Waals surface area contributed by atoms with E-state index < -0.39 is 0 Å². The lowest BCUT2D eigenvalue weighted by Gasteiger charge is -2.06. The van der Waals surface area contributed by atoms with Gasteiger partial charge in [-0.2, -0.15) is 0 Å². The topological polar surface area (TPSA) is 55.1 Å². The molecule has 0 bridgehead atoms. The number of nitrogens with two attached hydrogens (primary N) is 1. The van der Waals surface area contributed by atoms with Gasteiger partial charge in [0.05, 0.1) is 4.99 Å². The molecule has 0 rings (SSSR count). The zero-order chi connectivity index (χ0) is 9.56. The Kier molecular flexibility index (Phi) is 5.62. The molecule has 0 unspecified atom stereocenters. The quantitative estimate of drug-likeness (QED) is 0.496. The zero-order valence-corrected chi connectivity index (χ0v) is 8.41. The maximum Gasteiger partial charge on any atom is 0.222 e. The average molecular weight is 188 g/mol. The molecule has 12 heavy (non-hydrogen) atoms. The van der Waals surface area contributed by atoms with Crippen LogP contribution >= 0.6 is 12.2 Å². The molecule has 0 radical (unpaired) electrons. The van der Waals surface area contributed by atoms with Crippen molar-refractivity contribution in [1.82, 2.24) is 5.32 Å². The predicted octanol–water partition coefficient (Wildman–Crippen LogP) is 0.825. The van der Waals surface area contributed by atoms with Gasteiger partial charge in [-0.05, 0) is 12.8 Å². The number of hydrogen-bond acceptors (Lipinski definition) is 2. The Morgan fingerprint density at radius 3 is 2.58 bits per heavy atom. The Hall–Kier alpha value is -0.640. The summed E-state index contributed by atoms with van der Waals surface area (Å²) in [6.07, 6.45) is 1.53. The van der Waals surface area contributed by atoms with Gasteiger partial charge in [-0.25, -0.2) is 0 Å². The number of rotatable bonds is 5. The largest absolute Gasteiger partial charge is 0.393 e. The molecule has 0 atom stereocenters. The van der Waals surface area contributed by atoms with Crippen molar-refractivity contribution in [3.05, 3.63) is 0 Å². The monoisotopic (exact) mass is 188 g/mol. The third-order valence-electron chi connectivity index (χ3n) is 1.42. The Labute approximate surface area is 78.7 Å². The molecule has 0 saturated carbocycles. The number of nitrogens with one attached hydrogen (secondary N) is 1. The smallest absolute Gasteiger partial charge is 0.222 e. The Morgan fingerprint density at radius 2 is 2.17 bits per heavy atom. The Balaban J connectivity index is 3.32. The molecule has 0 heterocycles. The minimum Gasteiger partial charge on any atom is -0.393 e. The molecule has 70 valence electrons. The minimum atomic E-state index is 0.0508. The molecule has 3 nitrogen and oxygen atoms in total. The Bertz CT molecular complexity index is 168. The molecular weight excluding hydrogens is 172 g/mol. The normalized spacial score (nSPS) is 9.92. The number of amides is 1. The van der Waals surface area contributed by atoms with Gasteiger partial charge in [0, 0.05) is 12.5 Å². The van der Waals surface area contributed by atoms with Gasteiger partial charge in [-0.3, -0.25) is 4.79 Å². The van der Waals surface area contributed by atoms with Crippen molar-refractivity contribution in [2.75, 3.05) is 6.54 Å². The Morgan fingerprint density at radius 1 is 1.58 bits per heavy atom. The summed E-state index contributed by atoms with van der Waals surface area (Å²) >= 11 is 4.69. The van der Waals surface area contributed by atoms with Gasteiger partial charge in [0.1, 0.15) is 0 Å². The highest BCUT2D eigenvalue weighted by Gasteiger charge is 2.04. The lowest BCUT2D eigenvalue weighted by Crippen LogP contribution is -2.29. The van der Waals surface area contributed by atoms with Crippen molar-refractivity contribution in [3.63, 3.8) is 0 Å². The number of thiocarbonyl (C=S) groups is 1. The fourth-order valence-corrected chi connectivity index (χ4v) is 0.823. The third-order valence-corrected chi connectivity index (χ3v) is 1.63. The summed E-state index contributed by atoms with van der Waals surface area (Å²) in [5, 5.41) is 2.78. The van der Waals surface area contributed by atoms with E-state index in [1.807, 2.05) is 13.8 Å². The summed E-state index contributed by atoms with van der Waals surface area (Å²) in [7, 11) is 0. The van der Waals surface area contributed by atoms with E-state index in [0.717, 1.165) is 6.42 Å². The van der Waals surface area contributed by atoms with E-state index in [2.05, 4.69) is 5.32 Å². The molecule has 4 heteroatoms. The highest BCUT2D eigenvalue weighted by Crippen LogP contribution is 1.92. The molecule has 0 aromatic heterocycles. The van der Waals surface area contributed by atoms with Gasteiger partial charge >= 0.3 is 0 Å². The van der Waals surface area contributed by atoms with Crippen LogP contribution in [0.1, 0.15) is 26.7 Å². The summed E-state index contributed by atoms with van der Waals surface area (Å²) in [5.41, 5.74) is 5.29. The fraction of sp³-hybridized carbons (Fsp3) is 0.750. The summed E-state index contributed by atoms with van der Waals surface area (Å²) in [6, 6.07) is 0. The summed E-state index contributed by atoms with van der Waals surface area (Å²) in [6.45, 7) is 4.39. The van der Waals surface area contributed by atoms with Crippen LogP contribution in [0.25, 0.3) is 0 Å². The second-order valence-electron chi connectivity index (χ2n) is 3.02. The van der Waals surface area contributed by atoms with Crippen LogP contribution < -0.4 is 11.1 Å². The summed E-state index contributed by atoms with van der Waals surface area (Å²) in [5.74, 6) is 0.132. The molecule has 0 saturated heterocycles. The van der Waals surface area contributed by atoms with Crippen molar-refractivity contribution < 1.29 is 4.79 Å². The average Bonchev–Trinajstić information content (AvgIpc) is 1.97. The zero-order valence-electron chi connectivity index (χ0n) is 7.59. The van der Waals surface area contributed by atoms with E-state index in [9.17, 15) is 4.79 Å². The second kappa shape index (κ2) is 5.94. The van der Waals surface area contributed by atoms with Crippen LogP contribution in [0.4, 0.5) is 0 Å². The van der Waals surface area contributed by atoms with E-state index >= 15 is 0 Å². The molecule has 0 aliphatic rings. The minimum absolute atomic E-state index is 0.0508. The van der Waals surface area contributed by atoms with Crippen molar-refractivity contribution in [3.8, 4) is 0 Å². The summed E-state index contributed by atoms with van der Waals surface area (Å²) in [4.78, 5) is 11.5. The van der Waals surface area contributed by atoms with E-state index in [4.69, 9.17) is 18.0 Å². The molecule has 0 aliphatic heterocycles. The molecule has 0 spiro atoms. The SMILES string of the molecule is CC(C)C(=O)NCCCC(N)=S. The van der Waals surface area contributed by atoms with Crippen molar-refractivity contribution in [2.24, 2.45) is 11.7 Å². The van der Waals surface area contributed by atoms with E-state index in [1.165, 1.54) is 0 Å². The van der Waals surface area contributed by atoms with E-state index in [1.54, 1.807) is 0 Å². The van der Waals surface area contributed by atoms with Gasteiger partial charge in [-0.15, -0.1) is 0 Å². The maximum atomic E-state index is 11.0. The highest BCUT2D eigenvalue weighted by atomic mass is 32.1. The first kappa shape index (κ1) is 11.4. The molecule has 0 aliphatic carbocycles. The van der Waals surface area contributed by atoms with Crippen LogP contribution in [0.3, 0.4) is 0 Å². The first-order chi connectivity index (χ1) is 5.54. The van der Waals surface area contributed by atoms with Crippen molar-refractivity contribution >= 4 is 23.1 Å². The fourth-order valence-electron chi connectivity index (χ4n) is 0.678. The van der Waals surface area contributed by atoms with Crippen LogP contribution in [-0.2, 0) is 4.79 Å². The highest BCUT2D eigenvalue weighted by molar-refractivity contribution is 7.80. The van der Waals surface area contributed by atoms with Crippen LogP contribution in [0.2, 0.25) is 0 Å². The third kappa shape index (κ3) is 6.09. The molecule has 1 amide bonds. The van der Waals surface area contributed by atoms with Crippen LogP contribution in [0.5, 0.6) is 0 Å². The lowest BCUT2D eigenvalue weighted by atomic mass is 10.2. The molecule has 3 N–H and O–H groups in total. The van der Waals surface area contributed by atoms with Crippen LogP contribution in [0.15, 0.2) is 0 Å². The molecule has 0 fully saturated rings. The number of carbonyl (C=O) groups is 1. The van der Waals surface area contributed by atoms with Crippen LogP contribution in [0, 0.1) is 5.92 Å². The lowest BCUT2D eigenvalue weighted by molar-refractivity contribution is -0.123. The predicted molar refractivity (Wildman–Crippen MR) is 53.9 cm³/mol. The second-order valence-corrected chi connectivity index (χ2v) is 3.54. The van der Waals surface area contributed by atoms with Gasteiger partial charge in [0.25, 0.3) is 0 Å². The molecule has 0 aromatic carbocycles. The van der Waals surface area contributed by atoms with Crippen molar-refractivity contribution in [2.45, 2.75) is 26.7 Å². The van der Waals surface area contributed by atoms with Gasteiger partial charge < -0.3 is 11.1 Å². The first-order valence-corrected chi connectivity index (χ1v) is 4.51. The standard InChI is InChI=1S/C8H16N2OS/c1-6(2)8(11)10-5-3-4-7(9)12/h6H,3-5H2,1-2H3,(H2,9,12)(H,10,11). The maximum absolute atomic E-state index is 11.0. The van der Waals surface area contributed by atoms with Crippen LogP contribution in [-0.4, -0.2) is 17.4 Å². The number of hydrogen-bond donors (Lipinski definition) is 2. The van der Waals surface area contributed by atoms with E-state index in [0.29, 0.717) is 18.0 Å². The van der Waals surface area contributed by atoms with Gasteiger partial charge in [-0.1, -0.05) is 26.1 Å². The first-order valence-electron chi connectivity index (χ1n) is 4.10.